The Morgan fingerprint density at radius 2 is 1.75 bits per heavy atom. The van der Waals surface area contributed by atoms with Crippen LogP contribution in [0.1, 0.15) is 44.1 Å². The maximum absolute atomic E-state index is 12.3. The Labute approximate surface area is 146 Å². The molecule has 0 saturated heterocycles. The quantitative estimate of drug-likeness (QED) is 0.480. The van der Waals surface area contributed by atoms with Gasteiger partial charge in [0.1, 0.15) is 6.04 Å². The number of hydrogen-bond donors (Lipinski definition) is 4. The van der Waals surface area contributed by atoms with E-state index in [-0.39, 0.29) is 11.8 Å². The van der Waals surface area contributed by atoms with Gasteiger partial charge in [-0.2, -0.15) is 0 Å². The molecule has 4 N–H and O–H groups in total. The number of aliphatic hydroxyl groups excluding tert-OH is 1. The van der Waals surface area contributed by atoms with Gasteiger partial charge in [-0.3, -0.25) is 14.8 Å². The number of amides is 2. The molecule has 1 aliphatic carbocycles. The molecule has 0 spiro atoms. The predicted molar refractivity (Wildman–Crippen MR) is 89.7 cm³/mol. The highest BCUT2D eigenvalue weighted by Crippen LogP contribution is 2.36. The van der Waals surface area contributed by atoms with Crippen molar-refractivity contribution in [3.05, 3.63) is 34.9 Å². The fourth-order valence-corrected chi connectivity index (χ4v) is 3.30. The highest BCUT2D eigenvalue weighted by atomic mass is 35.5. The second kappa shape index (κ2) is 8.46. The zero-order valence-electron chi connectivity index (χ0n) is 13.5. The van der Waals surface area contributed by atoms with Crippen LogP contribution < -0.4 is 10.8 Å². The van der Waals surface area contributed by atoms with Gasteiger partial charge in [0.05, 0.1) is 6.10 Å². The standard InChI is InChI=1S/C17H23ClN2O4/c1-10(21)15(17(23)20-24)19-16(22)13-4-2-11(3-5-13)12-6-8-14(18)9-7-12/h6-11,13,15,21,24H,2-5H2,1H3,(H,19,22)(H,20,23)/t10-,11?,13?,15+/m1/s1. The van der Waals surface area contributed by atoms with Crippen molar-refractivity contribution in [1.29, 1.82) is 0 Å². The molecule has 1 aromatic rings. The topological polar surface area (TPSA) is 98.7 Å². The van der Waals surface area contributed by atoms with Crippen LogP contribution in [-0.4, -0.2) is 34.3 Å². The van der Waals surface area contributed by atoms with Gasteiger partial charge in [0.2, 0.25) is 5.91 Å². The third kappa shape index (κ3) is 4.69. The van der Waals surface area contributed by atoms with Crippen molar-refractivity contribution in [3.63, 3.8) is 0 Å². The smallest absolute Gasteiger partial charge is 0.268 e. The van der Waals surface area contributed by atoms with Gasteiger partial charge in [-0.05, 0) is 56.2 Å². The number of aliphatic hydroxyl groups is 1. The average molecular weight is 355 g/mol. The van der Waals surface area contributed by atoms with Gasteiger partial charge in [0, 0.05) is 10.9 Å². The second-order valence-electron chi connectivity index (χ2n) is 6.30. The number of rotatable bonds is 5. The SMILES string of the molecule is C[C@@H](O)[C@H](NC(=O)C1CCC(c2ccc(Cl)cc2)CC1)C(=O)NO. The lowest BCUT2D eigenvalue weighted by molar-refractivity contribution is -0.139. The van der Waals surface area contributed by atoms with Crippen LogP contribution in [-0.2, 0) is 9.59 Å². The fraction of sp³-hybridized carbons (Fsp3) is 0.529. The van der Waals surface area contributed by atoms with Crippen molar-refractivity contribution in [1.82, 2.24) is 10.8 Å². The average Bonchev–Trinajstić information content (AvgIpc) is 2.59. The van der Waals surface area contributed by atoms with Gasteiger partial charge in [0.25, 0.3) is 5.91 Å². The molecular formula is C17H23ClN2O4. The van der Waals surface area contributed by atoms with E-state index in [1.54, 1.807) is 0 Å². The maximum atomic E-state index is 12.3. The van der Waals surface area contributed by atoms with E-state index in [2.05, 4.69) is 5.32 Å². The minimum Gasteiger partial charge on any atom is -0.391 e. The van der Waals surface area contributed by atoms with Crippen LogP contribution in [0.25, 0.3) is 0 Å². The first-order valence-corrected chi connectivity index (χ1v) is 8.48. The summed E-state index contributed by atoms with van der Waals surface area (Å²) in [5, 5.41) is 21.5. The number of carbonyl (C=O) groups is 2. The van der Waals surface area contributed by atoms with E-state index in [9.17, 15) is 14.7 Å². The van der Waals surface area contributed by atoms with Crippen LogP contribution >= 0.6 is 11.6 Å². The first-order valence-electron chi connectivity index (χ1n) is 8.10. The fourth-order valence-electron chi connectivity index (χ4n) is 3.17. The van der Waals surface area contributed by atoms with Gasteiger partial charge in [-0.15, -0.1) is 0 Å². The van der Waals surface area contributed by atoms with Crippen molar-refractivity contribution >= 4 is 23.4 Å². The molecule has 2 amide bonds. The van der Waals surface area contributed by atoms with Crippen LogP contribution in [0.2, 0.25) is 5.02 Å². The molecular weight excluding hydrogens is 332 g/mol. The molecule has 0 aliphatic heterocycles. The van der Waals surface area contributed by atoms with Crippen LogP contribution in [0.4, 0.5) is 0 Å². The van der Waals surface area contributed by atoms with Crippen LogP contribution in [0.15, 0.2) is 24.3 Å². The summed E-state index contributed by atoms with van der Waals surface area (Å²) >= 11 is 5.90. The van der Waals surface area contributed by atoms with Gasteiger partial charge in [-0.1, -0.05) is 23.7 Å². The number of benzene rings is 1. The summed E-state index contributed by atoms with van der Waals surface area (Å²) in [6.45, 7) is 1.39. The number of carbonyl (C=O) groups excluding carboxylic acids is 2. The summed E-state index contributed by atoms with van der Waals surface area (Å²) < 4.78 is 0. The molecule has 2 rings (SSSR count). The summed E-state index contributed by atoms with van der Waals surface area (Å²) in [5.41, 5.74) is 2.69. The van der Waals surface area contributed by atoms with Gasteiger partial charge in [0.15, 0.2) is 0 Å². The van der Waals surface area contributed by atoms with Crippen LogP contribution in [0, 0.1) is 5.92 Å². The summed E-state index contributed by atoms with van der Waals surface area (Å²) in [6, 6.07) is 6.62. The number of halogens is 1. The molecule has 1 saturated carbocycles. The number of hydroxylamine groups is 1. The summed E-state index contributed by atoms with van der Waals surface area (Å²) in [5.74, 6) is -0.881. The predicted octanol–water partition coefficient (Wildman–Crippen LogP) is 1.98. The van der Waals surface area contributed by atoms with E-state index in [1.807, 2.05) is 24.3 Å². The molecule has 1 aromatic carbocycles. The molecule has 0 radical (unpaired) electrons. The van der Waals surface area contributed by atoms with Crippen molar-refractivity contribution in [2.45, 2.75) is 50.7 Å². The van der Waals surface area contributed by atoms with E-state index in [1.165, 1.54) is 18.0 Å². The Morgan fingerprint density at radius 1 is 1.17 bits per heavy atom. The Balaban J connectivity index is 1.90. The normalized spacial score (nSPS) is 23.2. The molecule has 0 aromatic heterocycles. The van der Waals surface area contributed by atoms with E-state index in [4.69, 9.17) is 16.8 Å². The van der Waals surface area contributed by atoms with Crippen LogP contribution in [0.5, 0.6) is 0 Å². The Hall–Kier alpha value is -1.63. The minimum absolute atomic E-state index is 0.193. The molecule has 0 heterocycles. The lowest BCUT2D eigenvalue weighted by Gasteiger charge is -2.29. The van der Waals surface area contributed by atoms with E-state index in [0.717, 1.165) is 12.8 Å². The van der Waals surface area contributed by atoms with Gasteiger partial charge < -0.3 is 10.4 Å². The summed E-state index contributed by atoms with van der Waals surface area (Å²) in [6.07, 6.45) is 2.10. The second-order valence-corrected chi connectivity index (χ2v) is 6.74. The zero-order valence-corrected chi connectivity index (χ0v) is 14.3. The Kier molecular flexibility index (Phi) is 6.60. The summed E-state index contributed by atoms with van der Waals surface area (Å²) in [7, 11) is 0. The molecule has 132 valence electrons. The highest BCUT2D eigenvalue weighted by Gasteiger charge is 2.31. The third-order valence-corrected chi connectivity index (χ3v) is 4.86. The molecule has 2 atom stereocenters. The molecule has 0 bridgehead atoms. The number of nitrogens with one attached hydrogen (secondary N) is 2. The van der Waals surface area contributed by atoms with E-state index < -0.39 is 18.1 Å². The molecule has 1 fully saturated rings. The Bertz CT molecular complexity index is 568. The Morgan fingerprint density at radius 3 is 2.25 bits per heavy atom. The van der Waals surface area contributed by atoms with Gasteiger partial charge >= 0.3 is 0 Å². The third-order valence-electron chi connectivity index (χ3n) is 4.61. The van der Waals surface area contributed by atoms with Crippen LogP contribution in [0.3, 0.4) is 0 Å². The lowest BCUT2D eigenvalue weighted by Crippen LogP contribution is -2.53. The van der Waals surface area contributed by atoms with Gasteiger partial charge in [-0.25, -0.2) is 5.48 Å². The first kappa shape index (κ1) is 18.7. The monoisotopic (exact) mass is 354 g/mol. The minimum atomic E-state index is -1.16. The highest BCUT2D eigenvalue weighted by molar-refractivity contribution is 6.30. The van der Waals surface area contributed by atoms with Crippen molar-refractivity contribution in [3.8, 4) is 0 Å². The van der Waals surface area contributed by atoms with Crippen molar-refractivity contribution < 1.29 is 19.9 Å². The van der Waals surface area contributed by atoms with E-state index in [0.29, 0.717) is 23.8 Å². The largest absolute Gasteiger partial charge is 0.391 e. The van der Waals surface area contributed by atoms with Crippen molar-refractivity contribution in [2.75, 3.05) is 0 Å². The zero-order chi connectivity index (χ0) is 17.7. The lowest BCUT2D eigenvalue weighted by atomic mass is 9.78. The first-order chi connectivity index (χ1) is 11.4. The molecule has 7 heteroatoms. The molecule has 0 unspecified atom stereocenters. The van der Waals surface area contributed by atoms with E-state index >= 15 is 0 Å². The maximum Gasteiger partial charge on any atom is 0.268 e. The number of hydrogen-bond acceptors (Lipinski definition) is 4. The molecule has 1 aliphatic rings. The molecule has 24 heavy (non-hydrogen) atoms. The van der Waals surface area contributed by atoms with Crippen molar-refractivity contribution in [2.24, 2.45) is 5.92 Å². The molecule has 6 nitrogen and oxygen atoms in total. The summed E-state index contributed by atoms with van der Waals surface area (Å²) in [4.78, 5) is 23.8.